The number of nitrogens with zero attached hydrogens (tertiary/aromatic N) is 1. The highest BCUT2D eigenvalue weighted by atomic mass is 16.5. The molecule has 1 N–H and O–H groups in total. The van der Waals surface area contributed by atoms with Gasteiger partial charge < -0.3 is 19.2 Å². The van der Waals surface area contributed by atoms with Crippen LogP contribution < -0.4 is 0 Å². The molecule has 2 rings (SSSR count). The largest absolute Gasteiger partial charge is 0.462 e. The molecule has 7 nitrogen and oxygen atoms in total. The number of hydrogen-bond acceptors (Lipinski definition) is 6. The van der Waals surface area contributed by atoms with Crippen molar-refractivity contribution in [1.29, 1.82) is 0 Å². The molecule has 0 spiro atoms. The van der Waals surface area contributed by atoms with Crippen molar-refractivity contribution < 1.29 is 23.8 Å². The minimum absolute atomic E-state index is 0.237. The molecule has 0 atom stereocenters. The number of rotatable bonds is 5. The van der Waals surface area contributed by atoms with Gasteiger partial charge in [0.2, 0.25) is 0 Å². The summed E-state index contributed by atoms with van der Waals surface area (Å²) in [5.41, 5.74) is 1.40. The van der Waals surface area contributed by atoms with Crippen LogP contribution >= 0.6 is 0 Å². The average molecular weight is 348 g/mol. The van der Waals surface area contributed by atoms with Gasteiger partial charge in [-0.05, 0) is 32.3 Å². The van der Waals surface area contributed by atoms with E-state index in [9.17, 15) is 9.59 Å². The number of hydrogen-bond donors (Lipinski definition) is 1. The summed E-state index contributed by atoms with van der Waals surface area (Å²) in [5.74, 6) is 5.01. The van der Waals surface area contributed by atoms with E-state index in [2.05, 4.69) is 21.7 Å². The Morgan fingerprint density at radius 3 is 2.44 bits per heavy atom. The third-order valence-corrected chi connectivity index (χ3v) is 3.83. The van der Waals surface area contributed by atoms with E-state index in [4.69, 9.17) is 14.2 Å². The number of carbonyl (C=O) groups is 2. The van der Waals surface area contributed by atoms with Gasteiger partial charge in [0.1, 0.15) is 11.4 Å². The monoisotopic (exact) mass is 348 g/mol. The maximum Gasteiger partial charge on any atom is 0.355 e. The minimum atomic E-state index is -0.508. The van der Waals surface area contributed by atoms with Crippen LogP contribution in [0.4, 0.5) is 0 Å². The summed E-state index contributed by atoms with van der Waals surface area (Å²) in [5, 5.41) is 0. The molecule has 1 aromatic rings. The van der Waals surface area contributed by atoms with E-state index < -0.39 is 11.9 Å². The van der Waals surface area contributed by atoms with Crippen LogP contribution in [0.2, 0.25) is 0 Å². The average Bonchev–Trinajstić information content (AvgIpc) is 2.93. The van der Waals surface area contributed by atoms with Gasteiger partial charge in [-0.1, -0.05) is 5.92 Å². The van der Waals surface area contributed by atoms with E-state index >= 15 is 0 Å². The predicted molar refractivity (Wildman–Crippen MR) is 91.6 cm³/mol. The second-order valence-electron chi connectivity index (χ2n) is 5.51. The number of carbonyl (C=O) groups excluding carboxylic acids is 2. The fourth-order valence-electron chi connectivity index (χ4n) is 2.55. The van der Waals surface area contributed by atoms with Crippen molar-refractivity contribution in [2.75, 3.05) is 46.1 Å². The summed E-state index contributed by atoms with van der Waals surface area (Å²) in [6.07, 6.45) is 0. The summed E-state index contributed by atoms with van der Waals surface area (Å²) in [6.45, 7) is 9.27. The Morgan fingerprint density at radius 2 is 1.80 bits per heavy atom. The normalized spacial score (nSPS) is 14.5. The molecule has 7 heteroatoms. The third kappa shape index (κ3) is 4.84. The van der Waals surface area contributed by atoms with Crippen LogP contribution in [0.3, 0.4) is 0 Å². The molecule has 0 saturated carbocycles. The molecule has 0 aromatic carbocycles. The van der Waals surface area contributed by atoms with Crippen LogP contribution in [0, 0.1) is 18.8 Å². The SMILES string of the molecule is CCOC(=O)c1[nH]c(C#CCN2CCOCC2)c(C(=O)OCC)c1C. The standard InChI is InChI=1S/C18H24N2O5/c1-4-24-17(21)15-13(3)16(18(22)25-5-2)19-14(15)7-6-8-20-9-11-23-12-10-20/h19H,4-5,8-12H2,1-3H3. The molecule has 0 bridgehead atoms. The van der Waals surface area contributed by atoms with Crippen LogP contribution in [0.15, 0.2) is 0 Å². The molecule has 0 aliphatic carbocycles. The molecule has 1 saturated heterocycles. The predicted octanol–water partition coefficient (Wildman–Crippen LogP) is 1.36. The third-order valence-electron chi connectivity index (χ3n) is 3.83. The van der Waals surface area contributed by atoms with Crippen molar-refractivity contribution >= 4 is 11.9 Å². The molecule has 1 aromatic heterocycles. The summed E-state index contributed by atoms with van der Waals surface area (Å²) in [7, 11) is 0. The van der Waals surface area contributed by atoms with Crippen LogP contribution in [0.1, 0.15) is 46.0 Å². The number of H-pyrrole nitrogens is 1. The van der Waals surface area contributed by atoms with Crippen molar-refractivity contribution in [2.24, 2.45) is 0 Å². The molecule has 1 aliphatic rings. The maximum atomic E-state index is 12.3. The lowest BCUT2D eigenvalue weighted by Gasteiger charge is -2.24. The molecular weight excluding hydrogens is 324 g/mol. The highest BCUT2D eigenvalue weighted by Crippen LogP contribution is 2.20. The molecule has 0 radical (unpaired) electrons. The lowest BCUT2D eigenvalue weighted by Crippen LogP contribution is -2.36. The van der Waals surface area contributed by atoms with E-state index in [1.807, 2.05) is 0 Å². The smallest absolute Gasteiger partial charge is 0.355 e. The zero-order valence-electron chi connectivity index (χ0n) is 14.9. The first kappa shape index (κ1) is 19.0. The molecule has 25 heavy (non-hydrogen) atoms. The van der Waals surface area contributed by atoms with Gasteiger partial charge in [0, 0.05) is 13.1 Å². The number of aromatic nitrogens is 1. The Bertz CT molecular complexity index is 678. The second-order valence-corrected chi connectivity index (χ2v) is 5.51. The number of aromatic amines is 1. The van der Waals surface area contributed by atoms with Crippen molar-refractivity contribution in [3.63, 3.8) is 0 Å². The van der Waals surface area contributed by atoms with Crippen LogP contribution in [0.25, 0.3) is 0 Å². The highest BCUT2D eigenvalue weighted by molar-refractivity contribution is 5.99. The Labute approximate surface area is 147 Å². The zero-order valence-corrected chi connectivity index (χ0v) is 14.9. The first-order chi connectivity index (χ1) is 12.1. The Morgan fingerprint density at radius 1 is 1.16 bits per heavy atom. The molecule has 0 unspecified atom stereocenters. The van der Waals surface area contributed by atoms with Crippen molar-refractivity contribution in [2.45, 2.75) is 20.8 Å². The molecule has 0 amide bonds. The van der Waals surface area contributed by atoms with E-state index in [-0.39, 0.29) is 18.9 Å². The number of morpholine rings is 1. The van der Waals surface area contributed by atoms with Crippen LogP contribution in [-0.2, 0) is 14.2 Å². The van der Waals surface area contributed by atoms with Crippen molar-refractivity contribution in [3.8, 4) is 11.8 Å². The van der Waals surface area contributed by atoms with Gasteiger partial charge in [-0.15, -0.1) is 0 Å². The van der Waals surface area contributed by atoms with E-state index in [1.165, 1.54) is 0 Å². The summed E-state index contributed by atoms with van der Waals surface area (Å²) in [6, 6.07) is 0. The fraction of sp³-hybridized carbons (Fsp3) is 0.556. The first-order valence-electron chi connectivity index (χ1n) is 8.44. The van der Waals surface area contributed by atoms with Crippen LogP contribution in [0.5, 0.6) is 0 Å². The van der Waals surface area contributed by atoms with Gasteiger partial charge in [-0.3, -0.25) is 4.90 Å². The maximum absolute atomic E-state index is 12.3. The quantitative estimate of drug-likeness (QED) is 0.639. The molecule has 1 aliphatic heterocycles. The Balaban J connectivity index is 2.26. The van der Waals surface area contributed by atoms with Gasteiger partial charge in [0.15, 0.2) is 0 Å². The van der Waals surface area contributed by atoms with Gasteiger partial charge in [-0.2, -0.15) is 0 Å². The van der Waals surface area contributed by atoms with E-state index in [0.717, 1.165) is 13.1 Å². The second kappa shape index (κ2) is 9.25. The van der Waals surface area contributed by atoms with Gasteiger partial charge >= 0.3 is 11.9 Å². The summed E-state index contributed by atoms with van der Waals surface area (Å²) >= 11 is 0. The van der Waals surface area contributed by atoms with Crippen molar-refractivity contribution in [3.05, 3.63) is 22.5 Å². The van der Waals surface area contributed by atoms with Crippen molar-refractivity contribution in [1.82, 2.24) is 9.88 Å². The van der Waals surface area contributed by atoms with Crippen LogP contribution in [-0.4, -0.2) is 67.9 Å². The highest BCUT2D eigenvalue weighted by Gasteiger charge is 2.24. The molecular formula is C18H24N2O5. The fourth-order valence-corrected chi connectivity index (χ4v) is 2.55. The lowest BCUT2D eigenvalue weighted by atomic mass is 10.1. The molecule has 136 valence electrons. The zero-order chi connectivity index (χ0) is 18.2. The Hall–Kier alpha value is -2.30. The molecule has 2 heterocycles. The summed E-state index contributed by atoms with van der Waals surface area (Å²) < 4.78 is 15.4. The number of nitrogens with one attached hydrogen (secondary N) is 1. The minimum Gasteiger partial charge on any atom is -0.462 e. The topological polar surface area (TPSA) is 80.9 Å². The Kier molecular flexibility index (Phi) is 7.04. The number of esters is 2. The van der Waals surface area contributed by atoms with Gasteiger partial charge in [0.05, 0.1) is 38.5 Å². The molecule has 1 fully saturated rings. The lowest BCUT2D eigenvalue weighted by molar-refractivity contribution is 0.0443. The van der Waals surface area contributed by atoms with Gasteiger partial charge in [-0.25, -0.2) is 9.59 Å². The van der Waals surface area contributed by atoms with E-state index in [1.54, 1.807) is 20.8 Å². The van der Waals surface area contributed by atoms with Gasteiger partial charge in [0.25, 0.3) is 0 Å². The summed E-state index contributed by atoms with van der Waals surface area (Å²) in [4.78, 5) is 29.4. The van der Waals surface area contributed by atoms with E-state index in [0.29, 0.717) is 36.6 Å². The number of ether oxygens (including phenoxy) is 3. The first-order valence-corrected chi connectivity index (χ1v) is 8.44.